The number of nitrogens with zero attached hydrogens (tertiary/aromatic N) is 1. The van der Waals surface area contributed by atoms with Gasteiger partial charge in [-0.1, -0.05) is 42.5 Å². The maximum Gasteiger partial charge on any atom is 0.211 e. The molecule has 2 rings (SSSR count). The Kier molecular flexibility index (Phi) is 6.32. The van der Waals surface area contributed by atoms with Gasteiger partial charge in [0.15, 0.2) is 0 Å². The van der Waals surface area contributed by atoms with Crippen molar-refractivity contribution in [2.24, 2.45) is 0 Å². The highest BCUT2D eigenvalue weighted by Gasteiger charge is 2.17. The molecule has 1 atom stereocenters. The summed E-state index contributed by atoms with van der Waals surface area (Å²) >= 11 is 0. The third-order valence-electron chi connectivity index (χ3n) is 3.86. The minimum atomic E-state index is -0.602. The first-order valence-electron chi connectivity index (χ1n) is 7.86. The van der Waals surface area contributed by atoms with Crippen LogP contribution < -0.4 is 5.32 Å². The van der Waals surface area contributed by atoms with Gasteiger partial charge in [-0.05, 0) is 37.1 Å². The van der Waals surface area contributed by atoms with Crippen LogP contribution in [0.1, 0.15) is 31.1 Å². The first-order chi connectivity index (χ1) is 11.1. The molecule has 4 heteroatoms. The lowest BCUT2D eigenvalue weighted by Crippen LogP contribution is -2.34. The molecule has 0 aliphatic carbocycles. The Balaban J connectivity index is 2.07. The molecule has 0 aromatic heterocycles. The molecular formula is C19H24N2O2. The predicted octanol–water partition coefficient (Wildman–Crippen LogP) is 3.20. The fraction of sp³-hybridized carbons (Fsp3) is 0.316. The fourth-order valence-corrected chi connectivity index (χ4v) is 2.51. The van der Waals surface area contributed by atoms with Gasteiger partial charge in [0.05, 0.1) is 6.10 Å². The summed E-state index contributed by atoms with van der Waals surface area (Å²) in [5.41, 5.74) is 2.72. The summed E-state index contributed by atoms with van der Waals surface area (Å²) in [4.78, 5) is 12.8. The maximum absolute atomic E-state index is 10.6. The van der Waals surface area contributed by atoms with Crippen molar-refractivity contribution in [3.63, 3.8) is 0 Å². The number of amides is 1. The molecule has 4 nitrogen and oxygen atoms in total. The van der Waals surface area contributed by atoms with Gasteiger partial charge in [0.2, 0.25) is 6.41 Å². The van der Waals surface area contributed by atoms with Crippen molar-refractivity contribution in [2.75, 3.05) is 11.9 Å². The quantitative estimate of drug-likeness (QED) is 0.736. The Morgan fingerprint density at radius 2 is 1.87 bits per heavy atom. The van der Waals surface area contributed by atoms with Gasteiger partial charge in [-0.15, -0.1) is 0 Å². The van der Waals surface area contributed by atoms with Crippen LogP contribution in [-0.2, 0) is 11.3 Å². The van der Waals surface area contributed by atoms with Crippen molar-refractivity contribution in [2.45, 2.75) is 32.5 Å². The van der Waals surface area contributed by atoms with E-state index in [2.05, 4.69) is 36.2 Å². The molecular weight excluding hydrogens is 288 g/mol. The van der Waals surface area contributed by atoms with Crippen molar-refractivity contribution in [3.8, 4) is 0 Å². The van der Waals surface area contributed by atoms with Crippen LogP contribution in [0.15, 0.2) is 54.6 Å². The maximum atomic E-state index is 10.6. The Morgan fingerprint density at radius 3 is 2.52 bits per heavy atom. The molecule has 0 spiro atoms. The summed E-state index contributed by atoms with van der Waals surface area (Å²) in [5, 5.41) is 13.2. The van der Waals surface area contributed by atoms with Crippen molar-refractivity contribution in [1.29, 1.82) is 0 Å². The van der Waals surface area contributed by atoms with E-state index in [0.717, 1.165) is 12.1 Å². The molecule has 0 fully saturated rings. The number of hydrogen-bond donors (Lipinski definition) is 2. The smallest absolute Gasteiger partial charge is 0.211 e. The average molecular weight is 312 g/mol. The highest BCUT2D eigenvalue weighted by Crippen LogP contribution is 2.20. The highest BCUT2D eigenvalue weighted by molar-refractivity contribution is 5.71. The Morgan fingerprint density at radius 1 is 1.13 bits per heavy atom. The van der Waals surface area contributed by atoms with E-state index in [-0.39, 0.29) is 0 Å². The predicted molar refractivity (Wildman–Crippen MR) is 93.1 cm³/mol. The number of hydrogen-bond acceptors (Lipinski definition) is 3. The number of aliphatic hydroxyl groups is 1. The van der Waals surface area contributed by atoms with Gasteiger partial charge in [-0.25, -0.2) is 0 Å². The molecule has 122 valence electrons. The highest BCUT2D eigenvalue weighted by atomic mass is 16.3. The monoisotopic (exact) mass is 312 g/mol. The summed E-state index contributed by atoms with van der Waals surface area (Å²) in [7, 11) is 0. The van der Waals surface area contributed by atoms with Crippen molar-refractivity contribution < 1.29 is 9.90 Å². The third kappa shape index (κ3) is 5.20. The molecule has 23 heavy (non-hydrogen) atoms. The molecule has 0 saturated carbocycles. The average Bonchev–Trinajstić information content (AvgIpc) is 2.55. The SMILES string of the molecule is CC(C)N(Cc1ccccc1)CC(O)c1cccc(NC=O)c1. The summed E-state index contributed by atoms with van der Waals surface area (Å²) in [5.74, 6) is 0. The molecule has 0 radical (unpaired) electrons. The van der Waals surface area contributed by atoms with Crippen LogP contribution in [0.2, 0.25) is 0 Å². The van der Waals surface area contributed by atoms with Crippen LogP contribution >= 0.6 is 0 Å². The van der Waals surface area contributed by atoms with Crippen LogP contribution in [0.4, 0.5) is 5.69 Å². The number of carbonyl (C=O) groups excluding carboxylic acids is 1. The van der Waals surface area contributed by atoms with Gasteiger partial charge in [0.1, 0.15) is 0 Å². The van der Waals surface area contributed by atoms with Gasteiger partial charge in [0, 0.05) is 24.8 Å². The zero-order valence-corrected chi connectivity index (χ0v) is 13.6. The Labute approximate surface area is 137 Å². The molecule has 0 aliphatic rings. The van der Waals surface area contributed by atoms with Crippen molar-refractivity contribution in [3.05, 3.63) is 65.7 Å². The van der Waals surface area contributed by atoms with Crippen LogP contribution in [0.5, 0.6) is 0 Å². The minimum absolute atomic E-state index is 0.320. The fourth-order valence-electron chi connectivity index (χ4n) is 2.51. The third-order valence-corrected chi connectivity index (χ3v) is 3.86. The van der Waals surface area contributed by atoms with Gasteiger partial charge in [0.25, 0.3) is 0 Å². The number of anilines is 1. The molecule has 2 aromatic carbocycles. The minimum Gasteiger partial charge on any atom is -0.387 e. The van der Waals surface area contributed by atoms with E-state index >= 15 is 0 Å². The van der Waals surface area contributed by atoms with Crippen LogP contribution in [0, 0.1) is 0 Å². The van der Waals surface area contributed by atoms with Crippen LogP contribution in [0.3, 0.4) is 0 Å². The Hall–Kier alpha value is -2.17. The van der Waals surface area contributed by atoms with Crippen LogP contribution in [-0.4, -0.2) is 29.0 Å². The molecule has 1 unspecified atom stereocenters. The van der Waals surface area contributed by atoms with E-state index < -0.39 is 6.10 Å². The van der Waals surface area contributed by atoms with Gasteiger partial charge < -0.3 is 10.4 Å². The van der Waals surface area contributed by atoms with E-state index in [0.29, 0.717) is 24.7 Å². The zero-order valence-electron chi connectivity index (χ0n) is 13.6. The molecule has 1 amide bonds. The summed E-state index contributed by atoms with van der Waals surface area (Å²) < 4.78 is 0. The molecule has 0 bridgehead atoms. The first kappa shape index (κ1) is 17.2. The first-order valence-corrected chi connectivity index (χ1v) is 7.86. The summed E-state index contributed by atoms with van der Waals surface area (Å²) in [6.07, 6.45) is 0.0379. The largest absolute Gasteiger partial charge is 0.387 e. The normalized spacial score (nSPS) is 12.4. The number of aliphatic hydroxyl groups excluding tert-OH is 1. The molecule has 0 aliphatic heterocycles. The summed E-state index contributed by atoms with van der Waals surface area (Å²) in [6.45, 7) is 5.58. The lowest BCUT2D eigenvalue weighted by molar-refractivity contribution is -0.105. The zero-order chi connectivity index (χ0) is 16.7. The standard InChI is InChI=1S/C19H24N2O2/c1-15(2)21(12-16-7-4-3-5-8-16)13-19(23)17-9-6-10-18(11-17)20-14-22/h3-11,14-15,19,23H,12-13H2,1-2H3,(H,20,22). The number of benzene rings is 2. The van der Waals surface area contributed by atoms with Gasteiger partial charge in [-0.2, -0.15) is 0 Å². The van der Waals surface area contributed by atoms with E-state index in [1.807, 2.05) is 30.3 Å². The lowest BCUT2D eigenvalue weighted by atomic mass is 10.1. The van der Waals surface area contributed by atoms with E-state index in [4.69, 9.17) is 0 Å². The molecule has 0 saturated heterocycles. The lowest BCUT2D eigenvalue weighted by Gasteiger charge is -2.29. The van der Waals surface area contributed by atoms with Gasteiger partial charge >= 0.3 is 0 Å². The van der Waals surface area contributed by atoms with Crippen LogP contribution in [0.25, 0.3) is 0 Å². The molecule has 2 N–H and O–H groups in total. The van der Waals surface area contributed by atoms with E-state index in [1.165, 1.54) is 5.56 Å². The Bertz CT molecular complexity index is 614. The molecule has 2 aromatic rings. The second-order valence-electron chi connectivity index (χ2n) is 5.91. The van der Waals surface area contributed by atoms with Gasteiger partial charge in [-0.3, -0.25) is 9.69 Å². The number of nitrogens with one attached hydrogen (secondary N) is 1. The summed E-state index contributed by atoms with van der Waals surface area (Å²) in [6, 6.07) is 17.9. The number of carbonyl (C=O) groups is 1. The second-order valence-corrected chi connectivity index (χ2v) is 5.91. The topological polar surface area (TPSA) is 52.6 Å². The van der Waals surface area contributed by atoms with Crippen molar-refractivity contribution in [1.82, 2.24) is 4.90 Å². The number of rotatable bonds is 8. The van der Waals surface area contributed by atoms with E-state index in [1.54, 1.807) is 12.1 Å². The van der Waals surface area contributed by atoms with E-state index in [9.17, 15) is 9.90 Å². The second kappa shape index (κ2) is 8.46. The van der Waals surface area contributed by atoms with Crippen molar-refractivity contribution >= 4 is 12.1 Å². The molecule has 0 heterocycles.